The number of hydrogen-bond acceptors (Lipinski definition) is 2. The molecule has 3 aliphatic rings. The van der Waals surface area contributed by atoms with Gasteiger partial charge in [0.05, 0.1) is 10.6 Å². The molecule has 1 amide bonds. The Morgan fingerprint density at radius 2 is 1.96 bits per heavy atom. The van der Waals surface area contributed by atoms with Crippen LogP contribution in [0.3, 0.4) is 0 Å². The summed E-state index contributed by atoms with van der Waals surface area (Å²) in [5.74, 6) is 0.879. The number of amides is 1. The Balaban J connectivity index is 0.00000169. The monoisotopic (exact) mass is 346 g/mol. The Labute approximate surface area is 150 Å². The van der Waals surface area contributed by atoms with Crippen molar-refractivity contribution < 1.29 is 4.79 Å². The molecule has 1 aromatic carbocycles. The average Bonchev–Trinajstić information content (AvgIpc) is 3.38. The highest BCUT2D eigenvalue weighted by atomic mass is 35.5. The van der Waals surface area contributed by atoms with Crippen LogP contribution in [0.15, 0.2) is 18.2 Å². The molecule has 1 heterocycles. The van der Waals surface area contributed by atoms with Gasteiger partial charge in [0.2, 0.25) is 0 Å². The lowest BCUT2D eigenvalue weighted by molar-refractivity contribution is 0.0682. The van der Waals surface area contributed by atoms with Crippen LogP contribution in [0.1, 0.15) is 55.3 Å². The molecule has 0 atom stereocenters. The van der Waals surface area contributed by atoms with Crippen LogP contribution in [0, 0.1) is 18.8 Å². The third-order valence-corrected chi connectivity index (χ3v) is 6.32. The highest BCUT2D eigenvalue weighted by molar-refractivity contribution is 6.34. The minimum atomic E-state index is -0.0132. The normalized spacial score (nSPS) is 28.0. The van der Waals surface area contributed by atoms with E-state index in [1.54, 1.807) is 0 Å². The van der Waals surface area contributed by atoms with Gasteiger partial charge in [-0.05, 0) is 48.8 Å². The van der Waals surface area contributed by atoms with Gasteiger partial charge in [0.1, 0.15) is 0 Å². The summed E-state index contributed by atoms with van der Waals surface area (Å²) in [6.45, 7) is 2.97. The van der Waals surface area contributed by atoms with Crippen LogP contribution in [0.2, 0.25) is 5.02 Å². The fraction of sp³-hybridized carbons (Fsp3) is 0.600. The van der Waals surface area contributed by atoms with Crippen molar-refractivity contribution >= 4 is 23.2 Å². The number of anilines is 1. The minimum Gasteiger partial charge on any atom is -0.368 e. The standard InChI is InChI=1S/C19H25ClN2O.CH2/c20-17-6-5-15(22-9-10-22)11-16(17)18(23)21-13-19-7-1-3-14(12-19)4-2-8-19;/h5-6,11,14H,1-4,7-10,12-13H2,(H,21,23);1H2. The quantitative estimate of drug-likeness (QED) is 0.809. The molecule has 0 aromatic heterocycles. The molecule has 1 aromatic rings. The lowest BCUT2D eigenvalue weighted by atomic mass is 9.62. The van der Waals surface area contributed by atoms with Crippen molar-refractivity contribution in [1.29, 1.82) is 0 Å². The van der Waals surface area contributed by atoms with E-state index in [9.17, 15) is 4.79 Å². The molecule has 1 saturated heterocycles. The Morgan fingerprint density at radius 3 is 2.62 bits per heavy atom. The molecule has 0 spiro atoms. The summed E-state index contributed by atoms with van der Waals surface area (Å²) < 4.78 is 0. The van der Waals surface area contributed by atoms with E-state index in [1.807, 2.05) is 18.2 Å². The fourth-order valence-electron chi connectivity index (χ4n) is 4.63. The zero-order valence-electron chi connectivity index (χ0n) is 14.3. The zero-order chi connectivity index (χ0) is 15.9. The van der Waals surface area contributed by atoms with Crippen molar-refractivity contribution in [1.82, 2.24) is 5.32 Å². The van der Waals surface area contributed by atoms with Crippen LogP contribution in [0.25, 0.3) is 0 Å². The van der Waals surface area contributed by atoms with Crippen molar-refractivity contribution in [2.24, 2.45) is 11.3 Å². The van der Waals surface area contributed by atoms with E-state index in [0.717, 1.165) is 31.2 Å². The third-order valence-electron chi connectivity index (χ3n) is 5.99. The first-order chi connectivity index (χ1) is 11.2. The molecule has 2 radical (unpaired) electrons. The molecule has 1 aliphatic heterocycles. The van der Waals surface area contributed by atoms with E-state index in [-0.39, 0.29) is 13.3 Å². The SMILES string of the molecule is O=C(NCC12CCCC(CCC1)C2)c1cc(N2CC2)ccc1Cl.[CH2]. The second-order valence-electron chi connectivity index (χ2n) is 7.69. The number of halogens is 1. The van der Waals surface area contributed by atoms with E-state index in [2.05, 4.69) is 10.2 Å². The predicted molar refractivity (Wildman–Crippen MR) is 99.6 cm³/mol. The summed E-state index contributed by atoms with van der Waals surface area (Å²) in [5, 5.41) is 3.75. The fourth-order valence-corrected chi connectivity index (χ4v) is 4.83. The van der Waals surface area contributed by atoms with Gasteiger partial charge in [-0.2, -0.15) is 0 Å². The number of carbonyl (C=O) groups is 1. The van der Waals surface area contributed by atoms with Crippen LogP contribution >= 0.6 is 11.6 Å². The van der Waals surface area contributed by atoms with Crippen LogP contribution in [0.4, 0.5) is 5.69 Å². The molecule has 24 heavy (non-hydrogen) atoms. The van der Waals surface area contributed by atoms with E-state index >= 15 is 0 Å². The molecular formula is C20H27ClN2O. The molecule has 130 valence electrons. The van der Waals surface area contributed by atoms with E-state index < -0.39 is 0 Å². The number of nitrogens with zero attached hydrogens (tertiary/aromatic N) is 1. The number of carbonyl (C=O) groups excluding carboxylic acids is 1. The van der Waals surface area contributed by atoms with Crippen LogP contribution < -0.4 is 10.2 Å². The molecule has 4 heteroatoms. The van der Waals surface area contributed by atoms with Crippen molar-refractivity contribution in [2.75, 3.05) is 24.5 Å². The Morgan fingerprint density at radius 1 is 1.25 bits per heavy atom. The first kappa shape index (κ1) is 17.6. The van der Waals surface area contributed by atoms with Gasteiger partial charge in [-0.25, -0.2) is 0 Å². The van der Waals surface area contributed by atoms with E-state index in [1.165, 1.54) is 44.9 Å². The molecule has 2 bridgehead atoms. The second kappa shape index (κ2) is 6.95. The molecule has 3 fully saturated rings. The zero-order valence-corrected chi connectivity index (χ0v) is 15.1. The van der Waals surface area contributed by atoms with Crippen LogP contribution in [-0.2, 0) is 0 Å². The third kappa shape index (κ3) is 3.56. The van der Waals surface area contributed by atoms with Gasteiger partial charge in [0.25, 0.3) is 5.91 Å². The lowest BCUT2D eigenvalue weighted by Gasteiger charge is -2.45. The van der Waals surface area contributed by atoms with Gasteiger partial charge < -0.3 is 10.2 Å². The number of hydrogen-bond donors (Lipinski definition) is 1. The number of nitrogens with one attached hydrogen (secondary N) is 1. The first-order valence-corrected chi connectivity index (χ1v) is 9.36. The molecule has 2 aliphatic carbocycles. The highest BCUT2D eigenvalue weighted by Crippen LogP contribution is 2.48. The molecule has 0 unspecified atom stereocenters. The van der Waals surface area contributed by atoms with Gasteiger partial charge in [0.15, 0.2) is 0 Å². The summed E-state index contributed by atoms with van der Waals surface area (Å²) in [4.78, 5) is 14.9. The number of rotatable bonds is 4. The summed E-state index contributed by atoms with van der Waals surface area (Å²) in [6.07, 6.45) is 9.27. The lowest BCUT2D eigenvalue weighted by Crippen LogP contribution is -2.43. The Bertz CT molecular complexity index is 602. The molecular weight excluding hydrogens is 320 g/mol. The maximum atomic E-state index is 12.6. The first-order valence-electron chi connectivity index (χ1n) is 8.98. The van der Waals surface area contributed by atoms with Gasteiger partial charge >= 0.3 is 0 Å². The number of benzene rings is 1. The molecule has 1 N–H and O–H groups in total. The second-order valence-corrected chi connectivity index (χ2v) is 8.10. The summed E-state index contributed by atoms with van der Waals surface area (Å²) >= 11 is 6.26. The maximum absolute atomic E-state index is 12.6. The van der Waals surface area contributed by atoms with Crippen molar-refractivity contribution in [3.8, 4) is 0 Å². The summed E-state index contributed by atoms with van der Waals surface area (Å²) in [6, 6.07) is 5.78. The van der Waals surface area contributed by atoms with Gasteiger partial charge in [0, 0.05) is 25.3 Å². The summed E-state index contributed by atoms with van der Waals surface area (Å²) in [7, 11) is 0. The van der Waals surface area contributed by atoms with Crippen LogP contribution in [-0.4, -0.2) is 25.5 Å². The van der Waals surface area contributed by atoms with E-state index in [4.69, 9.17) is 11.6 Å². The average molecular weight is 347 g/mol. The van der Waals surface area contributed by atoms with Gasteiger partial charge in [-0.15, -0.1) is 0 Å². The number of fused-ring (bicyclic) bond motifs is 2. The van der Waals surface area contributed by atoms with Gasteiger partial charge in [-0.1, -0.05) is 44.7 Å². The molecule has 3 nitrogen and oxygen atoms in total. The Hall–Kier alpha value is -1.22. The minimum absolute atomic E-state index is 0. The molecule has 4 rings (SSSR count). The van der Waals surface area contributed by atoms with Crippen molar-refractivity contribution in [2.45, 2.75) is 44.9 Å². The smallest absolute Gasteiger partial charge is 0.252 e. The maximum Gasteiger partial charge on any atom is 0.252 e. The van der Waals surface area contributed by atoms with Crippen molar-refractivity contribution in [3.05, 3.63) is 36.2 Å². The Kier molecular flexibility index (Phi) is 5.10. The largest absolute Gasteiger partial charge is 0.368 e. The predicted octanol–water partition coefficient (Wildman–Crippen LogP) is 4.58. The highest BCUT2D eigenvalue weighted by Gasteiger charge is 2.39. The summed E-state index contributed by atoms with van der Waals surface area (Å²) in [5.41, 5.74) is 2.07. The van der Waals surface area contributed by atoms with Crippen LogP contribution in [0.5, 0.6) is 0 Å². The topological polar surface area (TPSA) is 32.1 Å². The van der Waals surface area contributed by atoms with Gasteiger partial charge in [-0.3, -0.25) is 4.79 Å². The molecule has 2 saturated carbocycles. The van der Waals surface area contributed by atoms with E-state index in [0.29, 0.717) is 16.0 Å². The van der Waals surface area contributed by atoms with Crippen molar-refractivity contribution in [3.63, 3.8) is 0 Å².